The van der Waals surface area contributed by atoms with Crippen LogP contribution < -0.4 is 0 Å². The van der Waals surface area contributed by atoms with E-state index in [4.69, 9.17) is 14.2 Å². The van der Waals surface area contributed by atoms with E-state index < -0.39 is 80.0 Å². The molecule has 11 atom stereocenters. The standard InChI is InChI=1S/C40H64O11/c1-12-35(6)17-13-26-37(8,22-30(44)45)25(15-18-38(26,9)50-35)34(4,5)32(48)49-23-28(41)40(11)20-16-27-36(7,21-29(42)43)24(33(2,3)31(46)47)14-19-39(27,10)51-40/h12,24-28,41H,1,13-23H2,2-11H3,(H,42,43)(H,44,45)(H,46,47)/t24-,25-,26+,27+,28-,35-,36-,37-,38+,39+,40-/m1/s1. The Morgan fingerprint density at radius 3 is 1.65 bits per heavy atom. The predicted octanol–water partition coefficient (Wildman–Crippen LogP) is 6.88. The molecule has 11 heteroatoms. The van der Waals surface area contributed by atoms with E-state index in [1.54, 1.807) is 34.6 Å². The van der Waals surface area contributed by atoms with Gasteiger partial charge < -0.3 is 34.6 Å². The molecule has 2 aliphatic heterocycles. The first kappa shape index (κ1) is 41.3. The average Bonchev–Trinajstić information content (AvgIpc) is 2.97. The molecule has 0 spiro atoms. The molecule has 0 amide bonds. The molecule has 51 heavy (non-hydrogen) atoms. The number of aliphatic carboxylic acids is 3. The van der Waals surface area contributed by atoms with Crippen LogP contribution in [0.25, 0.3) is 0 Å². The highest BCUT2D eigenvalue weighted by atomic mass is 16.6. The largest absolute Gasteiger partial charge is 0.481 e. The van der Waals surface area contributed by atoms with Crippen molar-refractivity contribution in [3.8, 4) is 0 Å². The minimum atomic E-state index is -1.20. The molecule has 0 aromatic heterocycles. The third-order valence-electron chi connectivity index (χ3n) is 14.7. The fourth-order valence-corrected chi connectivity index (χ4v) is 12.0. The minimum Gasteiger partial charge on any atom is -0.481 e. The zero-order valence-corrected chi connectivity index (χ0v) is 32.6. The van der Waals surface area contributed by atoms with Crippen molar-refractivity contribution in [3.63, 3.8) is 0 Å². The monoisotopic (exact) mass is 720 g/mol. The van der Waals surface area contributed by atoms with Crippen molar-refractivity contribution >= 4 is 23.9 Å². The van der Waals surface area contributed by atoms with Crippen molar-refractivity contribution in [2.24, 2.45) is 45.3 Å². The Morgan fingerprint density at radius 1 is 0.745 bits per heavy atom. The van der Waals surface area contributed by atoms with Gasteiger partial charge in [-0.15, -0.1) is 6.58 Å². The molecular formula is C40H64O11. The molecule has 2 saturated carbocycles. The summed E-state index contributed by atoms with van der Waals surface area (Å²) in [5.74, 6) is -4.56. The highest BCUT2D eigenvalue weighted by Gasteiger charge is 2.65. The van der Waals surface area contributed by atoms with Gasteiger partial charge in [-0.1, -0.05) is 19.9 Å². The highest BCUT2D eigenvalue weighted by Crippen LogP contribution is 2.64. The van der Waals surface area contributed by atoms with Gasteiger partial charge >= 0.3 is 23.9 Å². The van der Waals surface area contributed by atoms with Crippen molar-refractivity contribution in [1.82, 2.24) is 0 Å². The van der Waals surface area contributed by atoms with E-state index in [9.17, 15) is 39.6 Å². The molecule has 0 aromatic carbocycles. The van der Waals surface area contributed by atoms with Gasteiger partial charge in [-0.3, -0.25) is 19.2 Å². The van der Waals surface area contributed by atoms with E-state index in [-0.39, 0.29) is 37.2 Å². The minimum absolute atomic E-state index is 0.114. The molecule has 0 bridgehead atoms. The van der Waals surface area contributed by atoms with E-state index in [1.807, 2.05) is 33.8 Å². The van der Waals surface area contributed by atoms with Crippen molar-refractivity contribution in [2.45, 2.75) is 162 Å². The molecule has 2 aliphatic carbocycles. The lowest BCUT2D eigenvalue weighted by Crippen LogP contribution is -2.65. The molecule has 2 heterocycles. The number of carboxylic acids is 3. The number of aliphatic hydroxyl groups is 1. The normalized spacial score (nSPS) is 42.1. The SMILES string of the molecule is C=C[C@]1(C)CC[C@H]2[C@](C)(CC(=O)O)[C@@H](C(C)(C)C(=O)OC[C@@H](O)[C@@]3(C)CC[C@H]4[C@](C)(CC(=O)O)[C@@H](C(C)(C)C(=O)O)CC[C@]4(C)O3)CC[C@]2(C)O1. The maximum atomic E-state index is 14.0. The quantitative estimate of drug-likeness (QED) is 0.122. The van der Waals surface area contributed by atoms with Gasteiger partial charge in [0.25, 0.3) is 0 Å². The van der Waals surface area contributed by atoms with Gasteiger partial charge in [0.1, 0.15) is 12.7 Å². The van der Waals surface area contributed by atoms with Crippen molar-refractivity contribution < 1.29 is 53.8 Å². The summed E-state index contributed by atoms with van der Waals surface area (Å²) in [6.07, 6.45) is 4.73. The van der Waals surface area contributed by atoms with E-state index in [0.717, 1.165) is 6.42 Å². The molecule has 2 saturated heterocycles. The van der Waals surface area contributed by atoms with Crippen LogP contribution in [0.15, 0.2) is 12.7 Å². The Balaban J connectivity index is 1.52. The van der Waals surface area contributed by atoms with Crippen LogP contribution in [-0.2, 0) is 33.4 Å². The lowest BCUT2D eigenvalue weighted by molar-refractivity contribution is -0.284. The lowest BCUT2D eigenvalue weighted by atomic mass is 9.47. The summed E-state index contributed by atoms with van der Waals surface area (Å²) in [5, 5.41) is 41.8. The fraction of sp³-hybridized carbons (Fsp3) is 0.850. The van der Waals surface area contributed by atoms with Gasteiger partial charge in [-0.2, -0.15) is 0 Å². The van der Waals surface area contributed by atoms with Crippen molar-refractivity contribution in [3.05, 3.63) is 12.7 Å². The second-order valence-corrected chi connectivity index (χ2v) is 19.0. The van der Waals surface area contributed by atoms with Gasteiger partial charge in [0.2, 0.25) is 0 Å². The summed E-state index contributed by atoms with van der Waals surface area (Å²) in [6.45, 7) is 22.2. The summed E-state index contributed by atoms with van der Waals surface area (Å²) in [7, 11) is 0. The van der Waals surface area contributed by atoms with Gasteiger partial charge in [0.05, 0.1) is 46.1 Å². The lowest BCUT2D eigenvalue weighted by Gasteiger charge is -2.63. The number of carbonyl (C=O) groups is 4. The van der Waals surface area contributed by atoms with Crippen LogP contribution in [0.4, 0.5) is 0 Å². The Hall–Kier alpha value is -2.50. The fourth-order valence-electron chi connectivity index (χ4n) is 12.0. The Morgan fingerprint density at radius 2 is 1.20 bits per heavy atom. The molecule has 11 nitrogen and oxygen atoms in total. The van der Waals surface area contributed by atoms with Crippen LogP contribution in [0.3, 0.4) is 0 Å². The highest BCUT2D eigenvalue weighted by molar-refractivity contribution is 5.77. The zero-order chi connectivity index (χ0) is 38.8. The van der Waals surface area contributed by atoms with E-state index in [2.05, 4.69) is 13.5 Å². The van der Waals surface area contributed by atoms with Crippen molar-refractivity contribution in [1.29, 1.82) is 0 Å². The molecule has 0 unspecified atom stereocenters. The smallest absolute Gasteiger partial charge is 0.311 e. The van der Waals surface area contributed by atoms with Crippen LogP contribution in [0.5, 0.6) is 0 Å². The first-order chi connectivity index (χ1) is 23.2. The summed E-state index contributed by atoms with van der Waals surface area (Å²) >= 11 is 0. The second kappa shape index (κ2) is 13.4. The number of hydrogen-bond donors (Lipinski definition) is 4. The van der Waals surface area contributed by atoms with Gasteiger partial charge in [0.15, 0.2) is 0 Å². The van der Waals surface area contributed by atoms with Crippen molar-refractivity contribution in [2.75, 3.05) is 6.61 Å². The topological polar surface area (TPSA) is 177 Å². The molecule has 4 rings (SSSR count). The summed E-state index contributed by atoms with van der Waals surface area (Å²) < 4.78 is 19.3. The first-order valence-corrected chi connectivity index (χ1v) is 18.7. The third-order valence-corrected chi connectivity index (χ3v) is 14.7. The van der Waals surface area contributed by atoms with E-state index in [0.29, 0.717) is 44.9 Å². The number of carbonyl (C=O) groups excluding carboxylic acids is 1. The second-order valence-electron chi connectivity index (χ2n) is 19.0. The van der Waals surface area contributed by atoms with Crippen LogP contribution in [-0.4, -0.2) is 79.4 Å². The van der Waals surface area contributed by atoms with Crippen LogP contribution >= 0.6 is 0 Å². The Kier molecular flexibility index (Phi) is 10.9. The Bertz CT molecular complexity index is 1410. The summed E-state index contributed by atoms with van der Waals surface area (Å²) in [5.41, 5.74) is -6.94. The predicted molar refractivity (Wildman–Crippen MR) is 190 cm³/mol. The number of aliphatic hydroxyl groups excluding tert-OH is 1. The zero-order valence-electron chi connectivity index (χ0n) is 32.6. The molecule has 0 radical (unpaired) electrons. The van der Waals surface area contributed by atoms with Crippen LogP contribution in [0.2, 0.25) is 0 Å². The van der Waals surface area contributed by atoms with Gasteiger partial charge in [-0.25, -0.2) is 0 Å². The summed E-state index contributed by atoms with van der Waals surface area (Å²) in [6, 6.07) is 0. The average molecular weight is 721 g/mol. The summed E-state index contributed by atoms with van der Waals surface area (Å²) in [4.78, 5) is 50.9. The van der Waals surface area contributed by atoms with E-state index >= 15 is 0 Å². The number of fused-ring (bicyclic) bond motifs is 2. The molecule has 290 valence electrons. The molecule has 4 N–H and O–H groups in total. The molecular weight excluding hydrogens is 656 g/mol. The maximum absolute atomic E-state index is 14.0. The number of carboxylic acid groups (broad SMARTS) is 3. The molecule has 4 aliphatic rings. The molecule has 4 fully saturated rings. The Labute approximate surface area is 303 Å². The van der Waals surface area contributed by atoms with E-state index in [1.165, 1.54) is 0 Å². The van der Waals surface area contributed by atoms with Crippen LogP contribution in [0, 0.1) is 45.3 Å². The van der Waals surface area contributed by atoms with Crippen LogP contribution in [0.1, 0.15) is 133 Å². The van der Waals surface area contributed by atoms with Gasteiger partial charge in [0, 0.05) is 0 Å². The maximum Gasteiger partial charge on any atom is 0.311 e. The number of rotatable bonds is 12. The number of ether oxygens (including phenoxy) is 3. The first-order valence-electron chi connectivity index (χ1n) is 18.7. The van der Waals surface area contributed by atoms with Gasteiger partial charge in [-0.05, 0) is 141 Å². The molecule has 0 aromatic rings. The number of hydrogen-bond acceptors (Lipinski definition) is 8. The third kappa shape index (κ3) is 7.12. The number of esters is 1.